The minimum absolute atomic E-state index is 0.217. The number of aryl methyl sites for hydroxylation is 1. The van der Waals surface area contributed by atoms with E-state index in [1.807, 2.05) is 0 Å². The molecule has 4 rings (SSSR count). The molecule has 3 heterocycles. The number of carboxylic acid groups (broad SMARTS) is 1. The molecule has 1 aliphatic heterocycles. The lowest BCUT2D eigenvalue weighted by Crippen LogP contribution is -2.49. The normalized spacial score (nSPS) is 21.0. The first kappa shape index (κ1) is 16.7. The molecule has 0 radical (unpaired) electrons. The molecule has 0 bridgehead atoms. The van der Waals surface area contributed by atoms with E-state index in [2.05, 4.69) is 15.2 Å². The molecule has 1 saturated carbocycles. The number of carbonyl (C=O) groups is 2. The number of piperidine rings is 1. The van der Waals surface area contributed by atoms with E-state index in [-0.39, 0.29) is 17.1 Å². The van der Waals surface area contributed by atoms with Crippen molar-refractivity contribution in [3.05, 3.63) is 35.5 Å². The molecule has 2 N–H and O–H groups in total. The average molecular weight is 358 g/mol. The van der Waals surface area contributed by atoms with E-state index < -0.39 is 17.7 Å². The van der Waals surface area contributed by atoms with Gasteiger partial charge in [-0.2, -0.15) is 5.10 Å². The van der Waals surface area contributed by atoms with Crippen LogP contribution in [0.5, 0.6) is 0 Å². The lowest BCUT2D eigenvalue weighted by Gasteiger charge is -2.38. The molecule has 0 aromatic carbocycles. The van der Waals surface area contributed by atoms with Gasteiger partial charge in [0.15, 0.2) is 11.5 Å². The summed E-state index contributed by atoms with van der Waals surface area (Å²) >= 11 is 0. The highest BCUT2D eigenvalue weighted by atomic mass is 19.1. The van der Waals surface area contributed by atoms with Crippen LogP contribution in [0.15, 0.2) is 18.3 Å². The standard InChI is InChI=1S/C18H19FN4O3/c1-10-6-12(13(19)9-20-10)14-7-15(22-21-14)16(24)23-5-2-11(17(25)26)8-18(23)3-4-18/h6-7,9,11H,2-5,8H2,1H3,(H,21,22)(H,25,26). The van der Waals surface area contributed by atoms with Crippen molar-refractivity contribution >= 4 is 11.9 Å². The Bertz CT molecular complexity index is 890. The maximum Gasteiger partial charge on any atom is 0.306 e. The van der Waals surface area contributed by atoms with Crippen molar-refractivity contribution in [2.24, 2.45) is 5.92 Å². The van der Waals surface area contributed by atoms with Crippen molar-refractivity contribution in [1.82, 2.24) is 20.1 Å². The van der Waals surface area contributed by atoms with Gasteiger partial charge in [0.25, 0.3) is 5.91 Å². The predicted molar refractivity (Wildman–Crippen MR) is 89.9 cm³/mol. The number of amides is 1. The largest absolute Gasteiger partial charge is 0.481 e. The topological polar surface area (TPSA) is 99.2 Å². The molecular weight excluding hydrogens is 339 g/mol. The first-order chi connectivity index (χ1) is 12.4. The van der Waals surface area contributed by atoms with Crippen molar-refractivity contribution in [2.45, 2.75) is 38.1 Å². The van der Waals surface area contributed by atoms with Gasteiger partial charge < -0.3 is 10.0 Å². The minimum Gasteiger partial charge on any atom is -0.481 e. The summed E-state index contributed by atoms with van der Waals surface area (Å²) in [4.78, 5) is 29.8. The Hall–Kier alpha value is -2.77. The number of aliphatic carboxylic acids is 1. The summed E-state index contributed by atoms with van der Waals surface area (Å²) in [5.74, 6) is -1.92. The average Bonchev–Trinajstić information content (AvgIpc) is 3.19. The fourth-order valence-corrected chi connectivity index (χ4v) is 3.80. The summed E-state index contributed by atoms with van der Waals surface area (Å²) in [6.07, 6.45) is 3.71. The quantitative estimate of drug-likeness (QED) is 0.878. The lowest BCUT2D eigenvalue weighted by molar-refractivity contribution is -0.144. The van der Waals surface area contributed by atoms with Gasteiger partial charge in [-0.15, -0.1) is 0 Å². The zero-order valence-electron chi connectivity index (χ0n) is 14.3. The number of aromatic nitrogens is 3. The van der Waals surface area contributed by atoms with Gasteiger partial charge in [-0.3, -0.25) is 19.7 Å². The summed E-state index contributed by atoms with van der Waals surface area (Å²) in [5, 5.41) is 16.0. The molecular formula is C18H19FN4O3. The van der Waals surface area contributed by atoms with E-state index in [4.69, 9.17) is 0 Å². The SMILES string of the molecule is Cc1cc(-c2cc(C(=O)N3CCC(C(=O)O)CC34CC4)n[nH]2)c(F)cn1. The molecule has 1 amide bonds. The summed E-state index contributed by atoms with van der Waals surface area (Å²) in [6, 6.07) is 3.14. The van der Waals surface area contributed by atoms with E-state index in [9.17, 15) is 19.1 Å². The first-order valence-corrected chi connectivity index (χ1v) is 8.62. The molecule has 1 saturated heterocycles. The van der Waals surface area contributed by atoms with Crippen LogP contribution in [0.1, 0.15) is 41.9 Å². The zero-order valence-corrected chi connectivity index (χ0v) is 14.3. The highest BCUT2D eigenvalue weighted by Crippen LogP contribution is 2.50. The molecule has 2 aromatic heterocycles. The molecule has 136 valence electrons. The molecule has 1 aliphatic carbocycles. The molecule has 8 heteroatoms. The number of H-pyrrole nitrogens is 1. The third kappa shape index (κ3) is 2.75. The van der Waals surface area contributed by atoms with Gasteiger partial charge in [0.2, 0.25) is 0 Å². The zero-order chi connectivity index (χ0) is 18.5. The van der Waals surface area contributed by atoms with Crippen molar-refractivity contribution in [3.63, 3.8) is 0 Å². The second-order valence-electron chi connectivity index (χ2n) is 7.18. The number of aromatic amines is 1. The Morgan fingerprint density at radius 3 is 2.85 bits per heavy atom. The second-order valence-corrected chi connectivity index (χ2v) is 7.18. The highest BCUT2D eigenvalue weighted by Gasteiger charge is 2.54. The van der Waals surface area contributed by atoms with E-state index >= 15 is 0 Å². The molecule has 2 fully saturated rings. The summed E-state index contributed by atoms with van der Waals surface area (Å²) < 4.78 is 14.0. The van der Waals surface area contributed by atoms with Crippen molar-refractivity contribution < 1.29 is 19.1 Å². The van der Waals surface area contributed by atoms with Crippen LogP contribution in [-0.2, 0) is 4.79 Å². The molecule has 2 aliphatic rings. The van der Waals surface area contributed by atoms with Gasteiger partial charge in [0, 0.05) is 23.3 Å². The smallest absolute Gasteiger partial charge is 0.306 e. The van der Waals surface area contributed by atoms with E-state index in [1.54, 1.807) is 24.0 Å². The number of nitrogens with one attached hydrogen (secondary N) is 1. The Kier molecular flexibility index (Phi) is 3.78. The Labute approximate surface area is 149 Å². The lowest BCUT2D eigenvalue weighted by atomic mass is 9.89. The molecule has 1 unspecified atom stereocenters. The van der Waals surface area contributed by atoms with Crippen molar-refractivity contribution in [2.75, 3.05) is 6.54 Å². The number of nitrogens with zero attached hydrogens (tertiary/aromatic N) is 3. The number of carboxylic acids is 1. The van der Waals surface area contributed by atoms with E-state index in [1.165, 1.54) is 0 Å². The Balaban J connectivity index is 1.58. The predicted octanol–water partition coefficient (Wildman–Crippen LogP) is 2.39. The van der Waals surface area contributed by atoms with Crippen LogP contribution in [0.2, 0.25) is 0 Å². The number of halogens is 1. The maximum absolute atomic E-state index is 14.0. The van der Waals surface area contributed by atoms with Crippen LogP contribution in [-0.4, -0.2) is 49.1 Å². The highest BCUT2D eigenvalue weighted by molar-refractivity contribution is 5.94. The van der Waals surface area contributed by atoms with Crippen LogP contribution in [0.4, 0.5) is 4.39 Å². The van der Waals surface area contributed by atoms with Gasteiger partial charge in [-0.25, -0.2) is 4.39 Å². The number of likely N-dealkylation sites (tertiary alicyclic amines) is 1. The second kappa shape index (κ2) is 5.89. The number of hydrogen-bond acceptors (Lipinski definition) is 4. The maximum atomic E-state index is 14.0. The number of hydrogen-bond donors (Lipinski definition) is 2. The Morgan fingerprint density at radius 1 is 1.38 bits per heavy atom. The fraction of sp³-hybridized carbons (Fsp3) is 0.444. The van der Waals surface area contributed by atoms with Gasteiger partial charge in [0.1, 0.15) is 0 Å². The molecule has 26 heavy (non-hydrogen) atoms. The molecule has 2 aromatic rings. The molecule has 7 nitrogen and oxygen atoms in total. The summed E-state index contributed by atoms with van der Waals surface area (Å²) in [6.45, 7) is 2.16. The number of carbonyl (C=O) groups excluding carboxylic acids is 1. The van der Waals surface area contributed by atoms with Gasteiger partial charge in [0.05, 0.1) is 17.8 Å². The van der Waals surface area contributed by atoms with Crippen molar-refractivity contribution in [3.8, 4) is 11.3 Å². The minimum atomic E-state index is -0.797. The summed E-state index contributed by atoms with van der Waals surface area (Å²) in [7, 11) is 0. The third-order valence-corrected chi connectivity index (χ3v) is 5.40. The van der Waals surface area contributed by atoms with E-state index in [0.29, 0.717) is 36.3 Å². The van der Waals surface area contributed by atoms with Gasteiger partial charge in [-0.05, 0) is 44.7 Å². The molecule has 1 atom stereocenters. The van der Waals surface area contributed by atoms with Gasteiger partial charge >= 0.3 is 5.97 Å². The van der Waals surface area contributed by atoms with Crippen LogP contribution in [0.3, 0.4) is 0 Å². The summed E-state index contributed by atoms with van der Waals surface area (Å²) in [5.41, 5.74) is 1.26. The Morgan fingerprint density at radius 2 is 2.15 bits per heavy atom. The number of pyridine rings is 1. The van der Waals surface area contributed by atoms with Crippen LogP contribution < -0.4 is 0 Å². The van der Waals surface area contributed by atoms with Crippen LogP contribution >= 0.6 is 0 Å². The van der Waals surface area contributed by atoms with Crippen molar-refractivity contribution in [1.29, 1.82) is 0 Å². The van der Waals surface area contributed by atoms with Crippen LogP contribution in [0.25, 0.3) is 11.3 Å². The fourth-order valence-electron chi connectivity index (χ4n) is 3.80. The number of rotatable bonds is 3. The molecule has 1 spiro atoms. The van der Waals surface area contributed by atoms with Crippen LogP contribution in [0, 0.1) is 18.7 Å². The third-order valence-electron chi connectivity index (χ3n) is 5.40. The first-order valence-electron chi connectivity index (χ1n) is 8.62. The van der Waals surface area contributed by atoms with E-state index in [0.717, 1.165) is 19.0 Å². The monoisotopic (exact) mass is 358 g/mol. The van der Waals surface area contributed by atoms with Gasteiger partial charge in [-0.1, -0.05) is 0 Å².